The second kappa shape index (κ2) is 5.81. The van der Waals surface area contributed by atoms with Crippen molar-refractivity contribution in [1.29, 1.82) is 0 Å². The second-order valence-electron chi connectivity index (χ2n) is 4.46. The molecule has 0 aliphatic rings. The number of hydrogen-bond acceptors (Lipinski definition) is 1. The molecule has 1 N–H and O–H groups in total. The van der Waals surface area contributed by atoms with Crippen molar-refractivity contribution in [2.45, 2.75) is 62.4 Å². The molecule has 0 spiro atoms. The van der Waals surface area contributed by atoms with Crippen LogP contribution in [0.2, 0.25) is 0 Å². The first kappa shape index (κ1) is 20.3. The lowest BCUT2D eigenvalue weighted by Gasteiger charge is -2.42. The third kappa shape index (κ3) is 3.37. The number of aliphatic hydroxyl groups is 1. The van der Waals surface area contributed by atoms with Crippen LogP contribution in [0.4, 0.5) is 43.9 Å². The van der Waals surface area contributed by atoms with E-state index in [0.29, 0.717) is 0 Å². The van der Waals surface area contributed by atoms with Gasteiger partial charge in [0.1, 0.15) is 0 Å². The van der Waals surface area contributed by atoms with E-state index in [2.05, 4.69) is 0 Å². The largest absolute Gasteiger partial charge is 0.456 e. The summed E-state index contributed by atoms with van der Waals surface area (Å²) in [6.07, 6.45) is -16.5. The van der Waals surface area contributed by atoms with Crippen LogP contribution in [-0.4, -0.2) is 34.9 Å². The molecule has 0 fully saturated rings. The molecule has 128 valence electrons. The number of halogens is 10. The van der Waals surface area contributed by atoms with E-state index in [9.17, 15) is 43.9 Å². The van der Waals surface area contributed by atoms with Gasteiger partial charge < -0.3 is 5.11 Å². The van der Waals surface area contributed by atoms with Gasteiger partial charge >= 0.3 is 24.2 Å². The van der Waals surface area contributed by atoms with Crippen LogP contribution >= 0.6 is 0 Å². The molecule has 0 radical (unpaired) electrons. The van der Waals surface area contributed by atoms with Gasteiger partial charge in [-0.2, -0.15) is 43.9 Å². The standard InChI is InChI=1S/C10H12F10O/c1-2-3-4-5-6(21,7(11,12)9(15,16)17)8(13,14)10(18,19)20/h21H,2-5H2,1H3. The summed E-state index contributed by atoms with van der Waals surface area (Å²) in [7, 11) is 0. The van der Waals surface area contributed by atoms with E-state index in [0.717, 1.165) is 0 Å². The maximum atomic E-state index is 13.1. The van der Waals surface area contributed by atoms with E-state index in [1.165, 1.54) is 6.92 Å². The summed E-state index contributed by atoms with van der Waals surface area (Å²) in [6.45, 7) is 1.41. The third-order valence-electron chi connectivity index (χ3n) is 2.89. The maximum Gasteiger partial charge on any atom is 0.456 e. The molecule has 11 heteroatoms. The molecule has 0 saturated heterocycles. The van der Waals surface area contributed by atoms with Crippen LogP contribution in [0, 0.1) is 0 Å². The lowest BCUT2D eigenvalue weighted by Crippen LogP contribution is -2.70. The zero-order valence-corrected chi connectivity index (χ0v) is 10.6. The van der Waals surface area contributed by atoms with Crippen molar-refractivity contribution >= 4 is 0 Å². The molecule has 21 heavy (non-hydrogen) atoms. The van der Waals surface area contributed by atoms with Crippen molar-refractivity contribution in [3.63, 3.8) is 0 Å². The minimum Gasteiger partial charge on any atom is -0.378 e. The van der Waals surface area contributed by atoms with Gasteiger partial charge in [-0.05, 0) is 6.42 Å². The van der Waals surface area contributed by atoms with Crippen LogP contribution in [0.1, 0.15) is 32.6 Å². The van der Waals surface area contributed by atoms with Crippen LogP contribution < -0.4 is 0 Å². The first-order chi connectivity index (χ1) is 9.06. The summed E-state index contributed by atoms with van der Waals surface area (Å²) in [5.74, 6) is -13.3. The Morgan fingerprint density at radius 1 is 0.667 bits per heavy atom. The van der Waals surface area contributed by atoms with Gasteiger partial charge in [-0.25, -0.2) is 0 Å². The highest BCUT2D eigenvalue weighted by Crippen LogP contribution is 2.56. The zero-order valence-electron chi connectivity index (χ0n) is 10.6. The molecule has 0 atom stereocenters. The van der Waals surface area contributed by atoms with Crippen molar-refractivity contribution in [3.05, 3.63) is 0 Å². The van der Waals surface area contributed by atoms with Gasteiger partial charge in [0, 0.05) is 0 Å². The van der Waals surface area contributed by atoms with Crippen LogP contribution in [0.5, 0.6) is 0 Å². The van der Waals surface area contributed by atoms with Crippen LogP contribution in [0.25, 0.3) is 0 Å². The number of unbranched alkanes of at least 4 members (excludes halogenated alkanes) is 2. The Morgan fingerprint density at radius 2 is 1.00 bits per heavy atom. The smallest absolute Gasteiger partial charge is 0.378 e. The van der Waals surface area contributed by atoms with E-state index < -0.39 is 42.6 Å². The van der Waals surface area contributed by atoms with E-state index >= 15 is 0 Å². The van der Waals surface area contributed by atoms with E-state index in [1.807, 2.05) is 0 Å². The van der Waals surface area contributed by atoms with Crippen molar-refractivity contribution < 1.29 is 49.0 Å². The fourth-order valence-electron chi connectivity index (χ4n) is 1.61. The summed E-state index contributed by atoms with van der Waals surface area (Å²) < 4.78 is 125. The number of hydrogen-bond donors (Lipinski definition) is 1. The molecule has 0 aliphatic heterocycles. The second-order valence-corrected chi connectivity index (χ2v) is 4.46. The summed E-state index contributed by atoms with van der Waals surface area (Å²) in [4.78, 5) is 0. The summed E-state index contributed by atoms with van der Waals surface area (Å²) in [5.41, 5.74) is -5.61. The van der Waals surface area contributed by atoms with Gasteiger partial charge in [-0.15, -0.1) is 0 Å². The molecule has 0 aromatic rings. The minimum atomic E-state index is -6.76. The molecule has 0 aromatic heterocycles. The first-order valence-corrected chi connectivity index (χ1v) is 5.67. The zero-order chi connectivity index (χ0) is 17.3. The summed E-state index contributed by atoms with van der Waals surface area (Å²) in [6, 6.07) is 0. The van der Waals surface area contributed by atoms with Crippen molar-refractivity contribution in [2.24, 2.45) is 0 Å². The Morgan fingerprint density at radius 3 is 1.24 bits per heavy atom. The average Bonchev–Trinajstić information content (AvgIpc) is 2.25. The SMILES string of the molecule is CCCCCC(O)(C(F)(F)C(F)(F)F)C(F)(F)C(F)(F)F. The summed E-state index contributed by atoms with van der Waals surface area (Å²) in [5, 5.41) is 9.02. The molecular formula is C10H12F10O. The van der Waals surface area contributed by atoms with E-state index in [-0.39, 0.29) is 12.8 Å². The highest BCUT2D eigenvalue weighted by atomic mass is 19.4. The number of rotatable bonds is 6. The monoisotopic (exact) mass is 338 g/mol. The number of alkyl halides is 10. The summed E-state index contributed by atoms with van der Waals surface area (Å²) >= 11 is 0. The molecule has 0 aliphatic carbocycles. The molecule has 0 saturated carbocycles. The molecule has 1 nitrogen and oxygen atoms in total. The van der Waals surface area contributed by atoms with Gasteiger partial charge in [-0.3, -0.25) is 0 Å². The first-order valence-electron chi connectivity index (χ1n) is 5.67. The Bertz CT molecular complexity index is 317. The predicted molar refractivity (Wildman–Crippen MR) is 51.1 cm³/mol. The molecule has 0 amide bonds. The van der Waals surface area contributed by atoms with Crippen LogP contribution in [0.3, 0.4) is 0 Å². The Labute approximate surface area is 112 Å². The molecule has 0 bridgehead atoms. The topological polar surface area (TPSA) is 20.2 Å². The third-order valence-corrected chi connectivity index (χ3v) is 2.89. The maximum absolute atomic E-state index is 13.1. The van der Waals surface area contributed by atoms with Crippen LogP contribution in [-0.2, 0) is 0 Å². The molecule has 0 heterocycles. The molecule has 0 unspecified atom stereocenters. The van der Waals surface area contributed by atoms with Crippen molar-refractivity contribution in [1.82, 2.24) is 0 Å². The van der Waals surface area contributed by atoms with Crippen LogP contribution in [0.15, 0.2) is 0 Å². The van der Waals surface area contributed by atoms with Gasteiger partial charge in [-0.1, -0.05) is 26.2 Å². The van der Waals surface area contributed by atoms with Crippen molar-refractivity contribution in [3.8, 4) is 0 Å². The quantitative estimate of drug-likeness (QED) is 0.550. The fourth-order valence-corrected chi connectivity index (χ4v) is 1.61. The van der Waals surface area contributed by atoms with E-state index in [1.54, 1.807) is 0 Å². The average molecular weight is 338 g/mol. The highest BCUT2D eigenvalue weighted by molar-refractivity contribution is 5.09. The van der Waals surface area contributed by atoms with Gasteiger partial charge in [0.2, 0.25) is 5.60 Å². The minimum absolute atomic E-state index is 0.144. The van der Waals surface area contributed by atoms with Gasteiger partial charge in [0.25, 0.3) is 0 Å². The van der Waals surface area contributed by atoms with E-state index in [4.69, 9.17) is 5.11 Å². The Balaban J connectivity index is 5.92. The molecular weight excluding hydrogens is 326 g/mol. The lowest BCUT2D eigenvalue weighted by molar-refractivity contribution is -0.424. The fraction of sp³-hybridized carbons (Fsp3) is 1.00. The highest BCUT2D eigenvalue weighted by Gasteiger charge is 2.84. The normalized spacial score (nSPS) is 15.4. The molecule has 0 aromatic carbocycles. The predicted octanol–water partition coefficient (Wildman–Crippen LogP) is 4.69. The van der Waals surface area contributed by atoms with Gasteiger partial charge in [0.15, 0.2) is 0 Å². The lowest BCUT2D eigenvalue weighted by atomic mass is 9.82. The Kier molecular flexibility index (Phi) is 5.60. The Hall–Kier alpha value is -0.740. The van der Waals surface area contributed by atoms with Gasteiger partial charge in [0.05, 0.1) is 0 Å². The molecule has 0 rings (SSSR count). The van der Waals surface area contributed by atoms with Crippen molar-refractivity contribution in [2.75, 3.05) is 0 Å².